The van der Waals surface area contributed by atoms with Crippen molar-refractivity contribution < 1.29 is 12.9 Å². The Morgan fingerprint density at radius 2 is 2.18 bits per heavy atom. The first kappa shape index (κ1) is 11.5. The molecule has 2 aromatic rings. The molecule has 0 aliphatic heterocycles. The van der Waals surface area contributed by atoms with E-state index in [-0.39, 0.29) is 27.9 Å². The van der Waals surface area contributed by atoms with Crippen molar-refractivity contribution in [2.24, 2.45) is 0 Å². The quantitative estimate of drug-likeness (QED) is 0.730. The van der Waals surface area contributed by atoms with Gasteiger partial charge in [0.15, 0.2) is 16.5 Å². The molecule has 4 N–H and O–H groups in total. The number of nitrogen functional groups attached to an aromatic ring is 1. The minimum absolute atomic E-state index is 0.00602. The van der Waals surface area contributed by atoms with Crippen molar-refractivity contribution in [2.45, 2.75) is 18.7 Å². The van der Waals surface area contributed by atoms with Gasteiger partial charge in [0.25, 0.3) is 10.0 Å². The Bertz CT molecular complexity index is 622. The smallest absolute Gasteiger partial charge is 0.268 e. The van der Waals surface area contributed by atoms with Crippen LogP contribution < -0.4 is 10.5 Å². The molecule has 0 atom stereocenters. The summed E-state index contributed by atoms with van der Waals surface area (Å²) in [5, 5.41) is 9.65. The van der Waals surface area contributed by atoms with E-state index in [0.29, 0.717) is 0 Å². The fourth-order valence-electron chi connectivity index (χ4n) is 1.42. The summed E-state index contributed by atoms with van der Waals surface area (Å²) in [5.41, 5.74) is 6.01. The van der Waals surface area contributed by atoms with Gasteiger partial charge in [-0.1, -0.05) is 5.16 Å². The Kier molecular flexibility index (Phi) is 2.54. The van der Waals surface area contributed by atoms with Gasteiger partial charge in [0.2, 0.25) is 0 Å². The number of hydrogen-bond acceptors (Lipinski definition) is 6. The van der Waals surface area contributed by atoms with Crippen LogP contribution in [0.4, 0.5) is 11.5 Å². The molecule has 0 aromatic carbocycles. The van der Waals surface area contributed by atoms with Crippen LogP contribution in [-0.2, 0) is 10.0 Å². The van der Waals surface area contributed by atoms with E-state index in [1.54, 1.807) is 6.92 Å². The molecule has 0 saturated heterocycles. The van der Waals surface area contributed by atoms with E-state index in [2.05, 4.69) is 20.1 Å². The van der Waals surface area contributed by atoms with Gasteiger partial charge >= 0.3 is 0 Å². The molecule has 2 rings (SSSR count). The van der Waals surface area contributed by atoms with Crippen LogP contribution in [0, 0.1) is 13.8 Å². The number of anilines is 2. The molecule has 17 heavy (non-hydrogen) atoms. The van der Waals surface area contributed by atoms with Crippen molar-refractivity contribution in [1.29, 1.82) is 0 Å². The molecule has 0 aliphatic rings. The zero-order chi connectivity index (χ0) is 12.6. The highest BCUT2D eigenvalue weighted by Crippen LogP contribution is 2.23. The number of H-pyrrole nitrogens is 1. The first-order valence-electron chi connectivity index (χ1n) is 4.66. The lowest BCUT2D eigenvalue weighted by Gasteiger charge is -2.05. The number of hydrogen-bond donors (Lipinski definition) is 3. The lowest BCUT2D eigenvalue weighted by atomic mass is 10.4. The number of rotatable bonds is 3. The van der Waals surface area contributed by atoms with Crippen LogP contribution in [0.3, 0.4) is 0 Å². The number of aromatic amines is 1. The second-order valence-corrected chi connectivity index (χ2v) is 5.08. The molecule has 0 saturated carbocycles. The highest BCUT2D eigenvalue weighted by Gasteiger charge is 2.25. The highest BCUT2D eigenvalue weighted by molar-refractivity contribution is 7.92. The van der Waals surface area contributed by atoms with Gasteiger partial charge in [-0.15, -0.1) is 0 Å². The number of nitrogens with two attached hydrogens (primary N) is 1. The first-order chi connectivity index (χ1) is 7.92. The van der Waals surface area contributed by atoms with Gasteiger partial charge in [0.05, 0.1) is 11.9 Å². The highest BCUT2D eigenvalue weighted by atomic mass is 32.2. The summed E-state index contributed by atoms with van der Waals surface area (Å²) >= 11 is 0. The first-order valence-corrected chi connectivity index (χ1v) is 6.14. The number of aromatic nitrogens is 3. The van der Waals surface area contributed by atoms with Crippen LogP contribution in [0.5, 0.6) is 0 Å². The van der Waals surface area contributed by atoms with Crippen molar-refractivity contribution in [3.05, 3.63) is 17.7 Å². The molecular formula is C8H11N5O3S. The maximum Gasteiger partial charge on any atom is 0.268 e. The molecule has 2 heterocycles. The van der Waals surface area contributed by atoms with Gasteiger partial charge in [0, 0.05) is 0 Å². The summed E-state index contributed by atoms with van der Waals surface area (Å²) in [6, 6.07) is 0. The predicted octanol–water partition coefficient (Wildman–Crippen LogP) is 0.398. The minimum Gasteiger partial charge on any atom is -0.394 e. The van der Waals surface area contributed by atoms with Gasteiger partial charge < -0.3 is 10.3 Å². The van der Waals surface area contributed by atoms with E-state index in [0.717, 1.165) is 0 Å². The summed E-state index contributed by atoms with van der Waals surface area (Å²) in [4.78, 5) is 0.00602. The van der Waals surface area contributed by atoms with E-state index in [9.17, 15) is 8.42 Å². The molecule has 92 valence electrons. The van der Waals surface area contributed by atoms with Crippen LogP contribution >= 0.6 is 0 Å². The normalized spacial score (nSPS) is 11.6. The fraction of sp³-hybridized carbons (Fsp3) is 0.250. The summed E-state index contributed by atoms with van der Waals surface area (Å²) in [5.74, 6) is 0.332. The SMILES string of the molecule is Cc1noc(C)c1S(=O)(=O)Nc1[nH]ncc1N. The van der Waals surface area contributed by atoms with Crippen molar-refractivity contribution in [2.75, 3.05) is 10.5 Å². The summed E-state index contributed by atoms with van der Waals surface area (Å²) in [6.45, 7) is 3.06. The molecule has 0 bridgehead atoms. The number of nitrogens with one attached hydrogen (secondary N) is 2. The average molecular weight is 257 g/mol. The summed E-state index contributed by atoms with van der Waals surface area (Å²) < 4.78 is 31.2. The lowest BCUT2D eigenvalue weighted by molar-refractivity contribution is 0.390. The zero-order valence-corrected chi connectivity index (χ0v) is 10.00. The van der Waals surface area contributed by atoms with Gasteiger partial charge in [0.1, 0.15) is 5.69 Å². The van der Waals surface area contributed by atoms with Crippen molar-refractivity contribution in [3.63, 3.8) is 0 Å². The maximum atomic E-state index is 12.0. The standard InChI is InChI=1S/C8H11N5O3S/c1-4-7(5(2)16-12-4)17(14,15)13-8-6(9)3-10-11-8/h3H,9H2,1-2H3,(H2,10,11,13). The Balaban J connectivity index is 2.42. The molecule has 0 fully saturated rings. The molecule has 0 spiro atoms. The largest absolute Gasteiger partial charge is 0.394 e. The van der Waals surface area contributed by atoms with E-state index < -0.39 is 10.0 Å². The average Bonchev–Trinajstić information content (AvgIpc) is 2.74. The van der Waals surface area contributed by atoms with Gasteiger partial charge in [-0.3, -0.25) is 9.82 Å². The minimum atomic E-state index is -3.78. The van der Waals surface area contributed by atoms with Gasteiger partial charge in [-0.05, 0) is 13.8 Å². The zero-order valence-electron chi connectivity index (χ0n) is 9.18. The predicted molar refractivity (Wildman–Crippen MR) is 59.8 cm³/mol. The summed E-state index contributed by atoms with van der Waals surface area (Å²) in [7, 11) is -3.78. The number of sulfonamides is 1. The van der Waals surface area contributed by atoms with Crippen LogP contribution in [0.2, 0.25) is 0 Å². The Morgan fingerprint density at radius 1 is 1.47 bits per heavy atom. The van der Waals surface area contributed by atoms with Crippen LogP contribution in [0.25, 0.3) is 0 Å². The maximum absolute atomic E-state index is 12.0. The summed E-state index contributed by atoms with van der Waals surface area (Å²) in [6.07, 6.45) is 1.31. The molecule has 0 aliphatic carbocycles. The molecule has 0 amide bonds. The van der Waals surface area contributed by atoms with E-state index in [1.807, 2.05) is 0 Å². The van der Waals surface area contributed by atoms with Crippen LogP contribution in [-0.4, -0.2) is 23.8 Å². The molecular weight excluding hydrogens is 246 g/mol. The Labute approximate surface area is 97.2 Å². The topological polar surface area (TPSA) is 127 Å². The van der Waals surface area contributed by atoms with E-state index in [1.165, 1.54) is 13.1 Å². The van der Waals surface area contributed by atoms with Crippen molar-refractivity contribution >= 4 is 21.5 Å². The number of nitrogens with zero attached hydrogens (tertiary/aromatic N) is 2. The molecule has 8 nitrogen and oxygen atoms in total. The Hall–Kier alpha value is -2.03. The number of aryl methyl sites for hydroxylation is 2. The third-order valence-corrected chi connectivity index (χ3v) is 3.73. The van der Waals surface area contributed by atoms with Crippen molar-refractivity contribution in [1.82, 2.24) is 15.4 Å². The van der Waals surface area contributed by atoms with Gasteiger partial charge in [-0.2, -0.15) is 5.10 Å². The second-order valence-electron chi connectivity index (χ2n) is 3.46. The molecule has 0 radical (unpaired) electrons. The Morgan fingerprint density at radius 3 is 2.65 bits per heavy atom. The molecule has 9 heteroatoms. The molecule has 0 unspecified atom stereocenters. The third kappa shape index (κ3) is 1.96. The van der Waals surface area contributed by atoms with Crippen LogP contribution in [0.15, 0.2) is 15.6 Å². The lowest BCUT2D eigenvalue weighted by Crippen LogP contribution is -2.15. The van der Waals surface area contributed by atoms with Crippen molar-refractivity contribution in [3.8, 4) is 0 Å². The fourth-order valence-corrected chi connectivity index (χ4v) is 2.80. The van der Waals surface area contributed by atoms with Crippen LogP contribution in [0.1, 0.15) is 11.5 Å². The van der Waals surface area contributed by atoms with Gasteiger partial charge in [-0.25, -0.2) is 8.42 Å². The second kappa shape index (κ2) is 3.77. The third-order valence-electron chi connectivity index (χ3n) is 2.14. The molecule has 2 aromatic heterocycles. The van der Waals surface area contributed by atoms with E-state index >= 15 is 0 Å². The monoisotopic (exact) mass is 257 g/mol. The van der Waals surface area contributed by atoms with E-state index in [4.69, 9.17) is 10.3 Å².